The average molecular weight is 402 g/mol. The molecule has 0 aliphatic carbocycles. The zero-order valence-electron chi connectivity index (χ0n) is 18.6. The largest absolute Gasteiger partial charge is 0.466 e. The van der Waals surface area contributed by atoms with Crippen molar-refractivity contribution in [3.8, 4) is 0 Å². The molecule has 0 aromatic carbocycles. The van der Waals surface area contributed by atoms with Crippen LogP contribution in [0.4, 0.5) is 0 Å². The molecule has 0 saturated heterocycles. The van der Waals surface area contributed by atoms with Crippen molar-refractivity contribution in [2.45, 2.75) is 110 Å². The predicted octanol–water partition coefficient (Wildman–Crippen LogP) is 4.13. The highest BCUT2D eigenvalue weighted by Gasteiger charge is 2.23. The Hall–Kier alpha value is -1.14. The van der Waals surface area contributed by atoms with E-state index in [-0.39, 0.29) is 18.0 Å². The average Bonchev–Trinajstić information content (AvgIpc) is 2.63. The van der Waals surface area contributed by atoms with E-state index in [4.69, 9.17) is 9.47 Å². The smallest absolute Gasteiger partial charge is 0.323 e. The van der Waals surface area contributed by atoms with Crippen LogP contribution in [0.25, 0.3) is 0 Å². The fraction of sp³-hybridized carbons (Fsp3) is 0.909. The molecule has 0 aromatic rings. The summed E-state index contributed by atoms with van der Waals surface area (Å²) in [6.45, 7) is 9.02. The topological polar surface area (TPSA) is 84.9 Å². The van der Waals surface area contributed by atoms with Gasteiger partial charge >= 0.3 is 11.9 Å². The first-order valence-electron chi connectivity index (χ1n) is 11.1. The van der Waals surface area contributed by atoms with Gasteiger partial charge < -0.3 is 19.9 Å². The maximum Gasteiger partial charge on any atom is 0.323 e. The molecule has 0 aliphatic heterocycles. The van der Waals surface area contributed by atoms with Gasteiger partial charge in [0.25, 0.3) is 0 Å². The van der Waals surface area contributed by atoms with Crippen molar-refractivity contribution in [1.82, 2.24) is 5.32 Å². The molecule has 0 heterocycles. The quantitative estimate of drug-likeness (QED) is 0.265. The van der Waals surface area contributed by atoms with Crippen LogP contribution >= 0.6 is 0 Å². The van der Waals surface area contributed by atoms with E-state index in [1.165, 1.54) is 0 Å². The molecule has 6 nitrogen and oxygen atoms in total. The van der Waals surface area contributed by atoms with Crippen molar-refractivity contribution in [3.05, 3.63) is 0 Å². The Kier molecular flexibility index (Phi) is 16.1. The molecular weight excluding hydrogens is 358 g/mol. The zero-order chi connectivity index (χ0) is 21.3. The third kappa shape index (κ3) is 14.9. The van der Waals surface area contributed by atoms with E-state index in [0.29, 0.717) is 39.0 Å². The molecule has 2 atom stereocenters. The van der Waals surface area contributed by atoms with Crippen molar-refractivity contribution in [2.75, 3.05) is 19.8 Å². The fourth-order valence-corrected chi connectivity index (χ4v) is 3.15. The maximum absolute atomic E-state index is 12.2. The maximum atomic E-state index is 12.2. The minimum Gasteiger partial charge on any atom is -0.466 e. The van der Waals surface area contributed by atoms with Crippen molar-refractivity contribution in [2.24, 2.45) is 0 Å². The highest BCUT2D eigenvalue weighted by atomic mass is 16.5. The van der Waals surface area contributed by atoms with Crippen LogP contribution in [0.15, 0.2) is 0 Å². The van der Waals surface area contributed by atoms with Crippen LogP contribution in [0.1, 0.15) is 98.3 Å². The second-order valence-corrected chi connectivity index (χ2v) is 7.72. The molecule has 0 amide bonds. The van der Waals surface area contributed by atoms with Crippen LogP contribution in [0.5, 0.6) is 0 Å². The predicted molar refractivity (Wildman–Crippen MR) is 112 cm³/mol. The molecular formula is C22H43NO5. The van der Waals surface area contributed by atoms with Crippen molar-refractivity contribution < 1.29 is 24.2 Å². The first kappa shape index (κ1) is 26.9. The Morgan fingerprint density at radius 3 is 2.25 bits per heavy atom. The van der Waals surface area contributed by atoms with Gasteiger partial charge in [-0.15, -0.1) is 0 Å². The number of hydrogen-bond donors (Lipinski definition) is 2. The monoisotopic (exact) mass is 401 g/mol. The Bertz CT molecular complexity index is 412. The Morgan fingerprint density at radius 1 is 0.929 bits per heavy atom. The summed E-state index contributed by atoms with van der Waals surface area (Å²) in [6, 6.07) is -0.337. The van der Waals surface area contributed by atoms with Crippen LogP contribution in [0.2, 0.25) is 0 Å². The Morgan fingerprint density at radius 2 is 1.61 bits per heavy atom. The standard InChI is InChI=1S/C22H43NO5/c1-5-8-13-16-22(4,26)17-18-23-19(21(25)28-7-3)14-11-9-10-12-15-20(24)27-6-2/h19,23,26H,5-18H2,1-4H3. The number of ether oxygens (including phenoxy) is 2. The van der Waals surface area contributed by atoms with Crippen molar-refractivity contribution in [1.29, 1.82) is 0 Å². The molecule has 28 heavy (non-hydrogen) atoms. The van der Waals surface area contributed by atoms with Crippen molar-refractivity contribution >= 4 is 11.9 Å². The van der Waals surface area contributed by atoms with E-state index in [9.17, 15) is 14.7 Å². The molecule has 0 spiro atoms. The molecule has 0 fully saturated rings. The van der Waals surface area contributed by atoms with Gasteiger partial charge in [0.2, 0.25) is 0 Å². The molecule has 0 radical (unpaired) electrons. The second kappa shape index (κ2) is 16.8. The minimum absolute atomic E-state index is 0.139. The molecule has 2 N–H and O–H groups in total. The number of nitrogens with one attached hydrogen (secondary N) is 1. The number of aliphatic hydroxyl groups is 1. The number of hydrogen-bond acceptors (Lipinski definition) is 6. The number of unbranched alkanes of at least 4 members (excludes halogenated alkanes) is 5. The van der Waals surface area contributed by atoms with Gasteiger partial charge in [0, 0.05) is 6.42 Å². The number of esters is 2. The molecule has 0 saturated carbocycles. The van der Waals surface area contributed by atoms with Crippen LogP contribution in [0, 0.1) is 0 Å². The van der Waals surface area contributed by atoms with Gasteiger partial charge in [-0.2, -0.15) is 0 Å². The fourth-order valence-electron chi connectivity index (χ4n) is 3.15. The number of rotatable bonds is 18. The van der Waals surface area contributed by atoms with E-state index < -0.39 is 5.60 Å². The van der Waals surface area contributed by atoms with Crippen molar-refractivity contribution in [3.63, 3.8) is 0 Å². The van der Waals surface area contributed by atoms with E-state index in [0.717, 1.165) is 51.4 Å². The molecule has 166 valence electrons. The molecule has 0 rings (SSSR count). The highest BCUT2D eigenvalue weighted by molar-refractivity contribution is 5.75. The summed E-state index contributed by atoms with van der Waals surface area (Å²) < 4.78 is 10.1. The van der Waals surface area contributed by atoms with E-state index in [2.05, 4.69) is 12.2 Å². The third-order valence-electron chi connectivity index (χ3n) is 4.87. The third-order valence-corrected chi connectivity index (χ3v) is 4.87. The van der Waals surface area contributed by atoms with Crippen LogP contribution < -0.4 is 5.32 Å². The molecule has 0 bridgehead atoms. The summed E-state index contributed by atoms with van der Waals surface area (Å²) >= 11 is 0. The zero-order valence-corrected chi connectivity index (χ0v) is 18.6. The summed E-state index contributed by atoms with van der Waals surface area (Å²) in [5, 5.41) is 13.7. The van der Waals surface area contributed by atoms with Gasteiger partial charge in [-0.05, 0) is 53.0 Å². The van der Waals surface area contributed by atoms with Crippen LogP contribution in [-0.4, -0.2) is 48.4 Å². The second-order valence-electron chi connectivity index (χ2n) is 7.72. The Labute approximate surface area is 171 Å². The van der Waals surface area contributed by atoms with Gasteiger partial charge in [0.05, 0.1) is 18.8 Å². The van der Waals surface area contributed by atoms with Gasteiger partial charge in [-0.25, -0.2) is 0 Å². The first-order valence-corrected chi connectivity index (χ1v) is 11.1. The Balaban J connectivity index is 4.16. The number of carbonyl (C=O) groups is 2. The SMILES string of the molecule is CCCCCC(C)(O)CCNC(CCCCCCC(=O)OCC)C(=O)OCC. The lowest BCUT2D eigenvalue weighted by molar-refractivity contribution is -0.146. The lowest BCUT2D eigenvalue weighted by atomic mass is 9.94. The summed E-state index contributed by atoms with van der Waals surface area (Å²) in [6.07, 6.45) is 9.48. The van der Waals surface area contributed by atoms with Gasteiger partial charge in [0.1, 0.15) is 6.04 Å². The van der Waals surface area contributed by atoms with Gasteiger partial charge in [-0.1, -0.05) is 45.4 Å². The normalized spacial score (nSPS) is 14.3. The molecule has 2 unspecified atom stereocenters. The summed E-state index contributed by atoms with van der Waals surface area (Å²) in [7, 11) is 0. The van der Waals surface area contributed by atoms with E-state index in [1.807, 2.05) is 20.8 Å². The number of carbonyl (C=O) groups excluding carboxylic acids is 2. The molecule has 0 aromatic heterocycles. The lowest BCUT2D eigenvalue weighted by Gasteiger charge is -2.25. The molecule has 0 aliphatic rings. The molecule has 6 heteroatoms. The lowest BCUT2D eigenvalue weighted by Crippen LogP contribution is -2.41. The first-order chi connectivity index (χ1) is 13.4. The van der Waals surface area contributed by atoms with E-state index in [1.54, 1.807) is 0 Å². The van der Waals surface area contributed by atoms with Crippen LogP contribution in [0.3, 0.4) is 0 Å². The summed E-state index contributed by atoms with van der Waals surface area (Å²) in [5.41, 5.74) is -0.700. The van der Waals surface area contributed by atoms with Crippen LogP contribution in [-0.2, 0) is 19.1 Å². The summed E-state index contributed by atoms with van der Waals surface area (Å²) in [5.74, 6) is -0.362. The highest BCUT2D eigenvalue weighted by Crippen LogP contribution is 2.18. The van der Waals surface area contributed by atoms with Gasteiger partial charge in [0.15, 0.2) is 0 Å². The van der Waals surface area contributed by atoms with E-state index >= 15 is 0 Å². The minimum atomic E-state index is -0.700. The van der Waals surface area contributed by atoms with Gasteiger partial charge in [-0.3, -0.25) is 9.59 Å². The summed E-state index contributed by atoms with van der Waals surface area (Å²) in [4.78, 5) is 23.5.